The zero-order valence-electron chi connectivity index (χ0n) is 7.71. The highest BCUT2D eigenvalue weighted by Crippen LogP contribution is 2.18. The summed E-state index contributed by atoms with van der Waals surface area (Å²) >= 11 is 0. The van der Waals surface area contributed by atoms with Crippen LogP contribution >= 0.6 is 0 Å². The molecule has 0 amide bonds. The lowest BCUT2D eigenvalue weighted by molar-refractivity contribution is -0.134. The van der Waals surface area contributed by atoms with E-state index in [9.17, 15) is 9.59 Å². The van der Waals surface area contributed by atoms with Gasteiger partial charge in [0.2, 0.25) is 11.6 Å². The molecular formula is C11H14O2. The van der Waals surface area contributed by atoms with Gasteiger partial charge in [0.1, 0.15) is 0 Å². The first-order chi connectivity index (χ1) is 6.25. The second kappa shape index (κ2) is 4.75. The molecule has 0 atom stereocenters. The molecule has 0 fully saturated rings. The van der Waals surface area contributed by atoms with Gasteiger partial charge in [-0.15, -0.1) is 6.58 Å². The highest BCUT2D eigenvalue weighted by Gasteiger charge is 2.18. The van der Waals surface area contributed by atoms with Gasteiger partial charge in [-0.2, -0.15) is 0 Å². The van der Waals surface area contributed by atoms with Crippen molar-refractivity contribution in [2.24, 2.45) is 0 Å². The van der Waals surface area contributed by atoms with E-state index in [0.29, 0.717) is 5.57 Å². The van der Waals surface area contributed by atoms with Crippen LogP contribution in [0.25, 0.3) is 0 Å². The Morgan fingerprint density at radius 3 is 2.77 bits per heavy atom. The minimum absolute atomic E-state index is 0.163. The van der Waals surface area contributed by atoms with Gasteiger partial charge in [-0.1, -0.05) is 12.2 Å². The lowest BCUT2D eigenvalue weighted by Crippen LogP contribution is -2.16. The van der Waals surface area contributed by atoms with Crippen LogP contribution in [0.1, 0.15) is 32.1 Å². The zero-order chi connectivity index (χ0) is 9.68. The molecule has 0 radical (unpaired) electrons. The van der Waals surface area contributed by atoms with Crippen LogP contribution in [0, 0.1) is 0 Å². The van der Waals surface area contributed by atoms with E-state index < -0.39 is 0 Å². The van der Waals surface area contributed by atoms with Crippen molar-refractivity contribution < 1.29 is 9.59 Å². The summed E-state index contributed by atoms with van der Waals surface area (Å²) in [5.41, 5.74) is 0.707. The van der Waals surface area contributed by atoms with Crippen LogP contribution in [0.3, 0.4) is 0 Å². The van der Waals surface area contributed by atoms with Crippen LogP contribution in [-0.2, 0) is 9.59 Å². The first-order valence-corrected chi connectivity index (χ1v) is 4.63. The summed E-state index contributed by atoms with van der Waals surface area (Å²) in [5.74, 6) is -0.636. The monoisotopic (exact) mass is 178 g/mol. The summed E-state index contributed by atoms with van der Waals surface area (Å²) in [6.07, 6.45) is 7.39. The Labute approximate surface area is 78.3 Å². The number of rotatable bonds is 4. The molecule has 1 aliphatic rings. The lowest BCUT2D eigenvalue weighted by atomic mass is 9.94. The average molecular weight is 178 g/mol. The molecule has 0 aromatic heterocycles. The maximum Gasteiger partial charge on any atom is 0.224 e. The second-order valence-electron chi connectivity index (χ2n) is 3.22. The fourth-order valence-electron chi connectivity index (χ4n) is 1.45. The van der Waals surface area contributed by atoms with E-state index in [4.69, 9.17) is 0 Å². The van der Waals surface area contributed by atoms with Crippen molar-refractivity contribution in [3.8, 4) is 0 Å². The van der Waals surface area contributed by atoms with E-state index in [1.807, 2.05) is 6.08 Å². The Morgan fingerprint density at radius 1 is 1.46 bits per heavy atom. The van der Waals surface area contributed by atoms with E-state index >= 15 is 0 Å². The van der Waals surface area contributed by atoms with Gasteiger partial charge >= 0.3 is 0 Å². The quantitative estimate of drug-likeness (QED) is 0.488. The van der Waals surface area contributed by atoms with Crippen LogP contribution in [0.2, 0.25) is 0 Å². The molecule has 13 heavy (non-hydrogen) atoms. The molecule has 0 N–H and O–H groups in total. The van der Waals surface area contributed by atoms with Gasteiger partial charge in [-0.25, -0.2) is 0 Å². The maximum atomic E-state index is 11.4. The minimum Gasteiger partial charge on any atom is -0.290 e. The third-order valence-electron chi connectivity index (χ3n) is 2.17. The molecule has 2 heteroatoms. The van der Waals surface area contributed by atoms with Crippen LogP contribution in [0.4, 0.5) is 0 Å². The summed E-state index contributed by atoms with van der Waals surface area (Å²) < 4.78 is 0. The van der Waals surface area contributed by atoms with Gasteiger partial charge in [0.05, 0.1) is 0 Å². The highest BCUT2D eigenvalue weighted by molar-refractivity contribution is 6.43. The Balaban J connectivity index is 2.60. The topological polar surface area (TPSA) is 34.1 Å². The summed E-state index contributed by atoms with van der Waals surface area (Å²) in [5, 5.41) is 0. The number of hydrogen-bond acceptors (Lipinski definition) is 2. The number of Topliss-reactive ketones (excluding diaryl/α,β-unsaturated/α-hetero) is 2. The van der Waals surface area contributed by atoms with Crippen molar-refractivity contribution >= 4 is 11.6 Å². The second-order valence-corrected chi connectivity index (χ2v) is 3.22. The molecule has 1 aliphatic carbocycles. The van der Waals surface area contributed by atoms with Gasteiger partial charge in [0.15, 0.2) is 0 Å². The Bertz CT molecular complexity index is 261. The van der Waals surface area contributed by atoms with E-state index in [1.54, 1.807) is 0 Å². The summed E-state index contributed by atoms with van der Waals surface area (Å²) in [6.45, 7) is 3.44. The molecule has 1 rings (SSSR count). The maximum absolute atomic E-state index is 11.4. The number of carbonyl (C=O) groups is 2. The van der Waals surface area contributed by atoms with E-state index in [-0.39, 0.29) is 18.0 Å². The number of ketones is 2. The SMILES string of the molecule is C=CCC(=O)C(=O)C1=CCCCC1. The van der Waals surface area contributed by atoms with Crippen LogP contribution in [0.5, 0.6) is 0 Å². The molecule has 0 unspecified atom stereocenters. The molecule has 0 aromatic rings. The normalized spacial score (nSPS) is 16.2. The number of hydrogen-bond donors (Lipinski definition) is 0. The molecule has 0 saturated heterocycles. The van der Waals surface area contributed by atoms with Gasteiger partial charge in [-0.05, 0) is 31.3 Å². The number of carbonyl (C=O) groups excluding carboxylic acids is 2. The predicted molar refractivity (Wildman–Crippen MR) is 51.4 cm³/mol. The molecule has 0 spiro atoms. The largest absolute Gasteiger partial charge is 0.290 e. The lowest BCUT2D eigenvalue weighted by Gasteiger charge is -2.09. The number of allylic oxidation sites excluding steroid dienone is 3. The Hall–Kier alpha value is -1.18. The smallest absolute Gasteiger partial charge is 0.224 e. The van der Waals surface area contributed by atoms with Gasteiger partial charge in [-0.3, -0.25) is 9.59 Å². The molecule has 0 aliphatic heterocycles. The van der Waals surface area contributed by atoms with E-state index in [2.05, 4.69) is 6.58 Å². The third kappa shape index (κ3) is 2.65. The van der Waals surface area contributed by atoms with Crippen LogP contribution in [-0.4, -0.2) is 11.6 Å². The standard InChI is InChI=1S/C11H14O2/c1-2-6-10(12)11(13)9-7-4-3-5-8-9/h2,7H,1,3-6,8H2. The van der Waals surface area contributed by atoms with Crippen molar-refractivity contribution in [3.05, 3.63) is 24.3 Å². The summed E-state index contributed by atoms with van der Waals surface area (Å²) in [7, 11) is 0. The summed E-state index contributed by atoms with van der Waals surface area (Å²) in [6, 6.07) is 0. The van der Waals surface area contributed by atoms with E-state index in [1.165, 1.54) is 6.08 Å². The first-order valence-electron chi connectivity index (χ1n) is 4.63. The first kappa shape index (κ1) is 9.90. The fourth-order valence-corrected chi connectivity index (χ4v) is 1.45. The molecule has 2 nitrogen and oxygen atoms in total. The average Bonchev–Trinajstić information content (AvgIpc) is 2.18. The fraction of sp³-hybridized carbons (Fsp3) is 0.455. The summed E-state index contributed by atoms with van der Waals surface area (Å²) in [4.78, 5) is 22.6. The van der Waals surface area contributed by atoms with Gasteiger partial charge < -0.3 is 0 Å². The Kier molecular flexibility index (Phi) is 3.62. The minimum atomic E-state index is -0.330. The van der Waals surface area contributed by atoms with Crippen LogP contribution < -0.4 is 0 Å². The van der Waals surface area contributed by atoms with E-state index in [0.717, 1.165) is 25.7 Å². The van der Waals surface area contributed by atoms with Gasteiger partial charge in [0, 0.05) is 6.42 Å². The zero-order valence-corrected chi connectivity index (χ0v) is 7.71. The van der Waals surface area contributed by atoms with Crippen LogP contribution in [0.15, 0.2) is 24.3 Å². The predicted octanol–water partition coefficient (Wildman–Crippen LogP) is 2.20. The van der Waals surface area contributed by atoms with Crippen molar-refractivity contribution in [1.82, 2.24) is 0 Å². The van der Waals surface area contributed by atoms with Gasteiger partial charge in [0.25, 0.3) is 0 Å². The molecule has 0 aromatic carbocycles. The van der Waals surface area contributed by atoms with Crippen molar-refractivity contribution in [2.45, 2.75) is 32.1 Å². The van der Waals surface area contributed by atoms with Crippen molar-refractivity contribution in [1.29, 1.82) is 0 Å². The Morgan fingerprint density at radius 2 is 2.23 bits per heavy atom. The third-order valence-corrected chi connectivity index (χ3v) is 2.17. The molecule has 70 valence electrons. The van der Waals surface area contributed by atoms with Crippen molar-refractivity contribution in [2.75, 3.05) is 0 Å². The molecule has 0 heterocycles. The highest BCUT2D eigenvalue weighted by atomic mass is 16.2. The molecule has 0 bridgehead atoms. The molecular weight excluding hydrogens is 164 g/mol. The molecule has 0 saturated carbocycles. The van der Waals surface area contributed by atoms with Crippen molar-refractivity contribution in [3.63, 3.8) is 0 Å².